The van der Waals surface area contributed by atoms with Crippen molar-refractivity contribution in [3.63, 3.8) is 0 Å². The van der Waals surface area contributed by atoms with Gasteiger partial charge in [0.1, 0.15) is 6.61 Å². The summed E-state index contributed by atoms with van der Waals surface area (Å²) in [4.78, 5) is 24.5. The number of esters is 2. The van der Waals surface area contributed by atoms with Crippen molar-refractivity contribution in [3.8, 4) is 0 Å². The topological polar surface area (TPSA) is 72.8 Å². The molecule has 0 bridgehead atoms. The molecule has 0 aromatic rings. The monoisotopic (exact) mass is 891 g/mol. The van der Waals surface area contributed by atoms with Crippen LogP contribution in [0.1, 0.15) is 258 Å². The minimum absolute atomic E-state index is 0.0813. The molecular weight excluding hydrogens is 789 g/mol. The van der Waals surface area contributed by atoms with Crippen LogP contribution in [0, 0.1) is 0 Å². The number of ether oxygens (including phenoxy) is 2. The second-order valence-corrected chi connectivity index (χ2v) is 17.9. The fourth-order valence-electron chi connectivity index (χ4n) is 7.65. The number of hydrogen-bond acceptors (Lipinski definition) is 5. The number of rotatable bonds is 49. The van der Waals surface area contributed by atoms with E-state index in [4.69, 9.17) is 9.47 Å². The Labute approximate surface area is 396 Å². The highest BCUT2D eigenvalue weighted by Crippen LogP contribution is 2.16. The molecule has 0 saturated carbocycles. The normalized spacial score (nSPS) is 12.9. The van der Waals surface area contributed by atoms with E-state index >= 15 is 0 Å². The third-order valence-electron chi connectivity index (χ3n) is 11.7. The molecular formula is C59H102O5. The van der Waals surface area contributed by atoms with Gasteiger partial charge in [0.05, 0.1) is 6.61 Å². The van der Waals surface area contributed by atoms with Gasteiger partial charge < -0.3 is 14.6 Å². The molecule has 0 aliphatic heterocycles. The number of allylic oxidation sites excluding steroid dienone is 14. The Kier molecular flexibility index (Phi) is 51.9. The van der Waals surface area contributed by atoms with Crippen molar-refractivity contribution in [2.45, 2.75) is 264 Å². The van der Waals surface area contributed by atoms with Gasteiger partial charge in [0.2, 0.25) is 0 Å². The van der Waals surface area contributed by atoms with E-state index in [0.29, 0.717) is 12.8 Å². The van der Waals surface area contributed by atoms with E-state index in [0.717, 1.165) is 89.9 Å². The first-order valence-corrected chi connectivity index (χ1v) is 27.1. The molecule has 1 atom stereocenters. The van der Waals surface area contributed by atoms with Crippen LogP contribution in [0.25, 0.3) is 0 Å². The van der Waals surface area contributed by atoms with Gasteiger partial charge in [-0.25, -0.2) is 0 Å². The SMILES string of the molecule is CC/C=C\C/C=C\C/C=C\C/C=C\C/C=C\C/C=C\C/C=C\CCCCCC(=O)OC(CO)COC(=O)CCCCCCCCCCCCCCCCCCCCCCCCCCC. The molecule has 0 aromatic carbocycles. The molecule has 0 aromatic heterocycles. The van der Waals surface area contributed by atoms with Gasteiger partial charge in [0.15, 0.2) is 6.10 Å². The molecule has 5 nitrogen and oxygen atoms in total. The van der Waals surface area contributed by atoms with Crippen LogP contribution in [0.5, 0.6) is 0 Å². The lowest BCUT2D eigenvalue weighted by atomic mass is 10.0. The second kappa shape index (κ2) is 54.4. The Balaban J connectivity index is 3.56. The summed E-state index contributed by atoms with van der Waals surface area (Å²) >= 11 is 0. The first-order chi connectivity index (χ1) is 31.6. The van der Waals surface area contributed by atoms with E-state index in [-0.39, 0.29) is 25.2 Å². The first-order valence-electron chi connectivity index (χ1n) is 27.1. The molecule has 0 aliphatic carbocycles. The minimum atomic E-state index is -0.794. The van der Waals surface area contributed by atoms with Crippen LogP contribution in [0.3, 0.4) is 0 Å². The maximum atomic E-state index is 12.3. The number of unbranched alkanes of at least 4 members (excludes halogenated alkanes) is 27. The third-order valence-corrected chi connectivity index (χ3v) is 11.7. The predicted molar refractivity (Wildman–Crippen MR) is 279 cm³/mol. The summed E-state index contributed by atoms with van der Waals surface area (Å²) in [6.07, 6.45) is 75.5. The predicted octanol–water partition coefficient (Wildman–Crippen LogP) is 18.2. The molecule has 0 aliphatic rings. The molecule has 5 heteroatoms. The van der Waals surface area contributed by atoms with Gasteiger partial charge in [-0.1, -0.05) is 259 Å². The van der Waals surface area contributed by atoms with E-state index in [1.54, 1.807) is 0 Å². The Morgan fingerprint density at radius 2 is 0.672 bits per heavy atom. The van der Waals surface area contributed by atoms with Crippen molar-refractivity contribution < 1.29 is 24.2 Å². The first kappa shape index (κ1) is 61.1. The van der Waals surface area contributed by atoms with Crippen molar-refractivity contribution in [1.29, 1.82) is 0 Å². The van der Waals surface area contributed by atoms with Crippen molar-refractivity contribution in [1.82, 2.24) is 0 Å². The van der Waals surface area contributed by atoms with Crippen molar-refractivity contribution in [3.05, 3.63) is 85.1 Å². The molecule has 0 radical (unpaired) electrons. The highest BCUT2D eigenvalue weighted by Gasteiger charge is 2.16. The summed E-state index contributed by atoms with van der Waals surface area (Å²) in [6.45, 7) is 4.02. The van der Waals surface area contributed by atoms with Crippen LogP contribution in [-0.2, 0) is 19.1 Å². The smallest absolute Gasteiger partial charge is 0.306 e. The molecule has 0 amide bonds. The van der Waals surface area contributed by atoms with Gasteiger partial charge in [0.25, 0.3) is 0 Å². The average Bonchev–Trinajstić information content (AvgIpc) is 3.30. The van der Waals surface area contributed by atoms with E-state index in [2.05, 4.69) is 98.9 Å². The van der Waals surface area contributed by atoms with Gasteiger partial charge >= 0.3 is 11.9 Å². The zero-order valence-electron chi connectivity index (χ0n) is 42.0. The molecule has 0 spiro atoms. The number of hydrogen-bond donors (Lipinski definition) is 1. The summed E-state index contributed by atoms with van der Waals surface area (Å²) in [6, 6.07) is 0. The Morgan fingerprint density at radius 1 is 0.375 bits per heavy atom. The minimum Gasteiger partial charge on any atom is -0.462 e. The zero-order chi connectivity index (χ0) is 46.3. The van der Waals surface area contributed by atoms with E-state index in [1.165, 1.54) is 141 Å². The average molecular weight is 891 g/mol. The zero-order valence-corrected chi connectivity index (χ0v) is 42.0. The van der Waals surface area contributed by atoms with Crippen LogP contribution < -0.4 is 0 Å². The van der Waals surface area contributed by atoms with Gasteiger partial charge in [0, 0.05) is 12.8 Å². The van der Waals surface area contributed by atoms with Crippen LogP contribution in [0.4, 0.5) is 0 Å². The lowest BCUT2D eigenvalue weighted by Gasteiger charge is -2.15. The summed E-state index contributed by atoms with van der Waals surface area (Å²) in [5.41, 5.74) is 0. The van der Waals surface area contributed by atoms with Crippen molar-refractivity contribution in [2.24, 2.45) is 0 Å². The standard InChI is InChI=1S/C59H102O5/c1-3-5-7-9-11-13-15-17-19-21-23-25-27-29-31-33-35-37-39-41-43-45-47-49-51-53-58(61)63-56-57(55-60)64-59(62)54-52-50-48-46-44-42-40-38-36-34-32-30-28-26-24-22-20-18-16-14-12-10-8-6-4-2/h6,8,12,14,18,20,24,26,30,32,36,38,42,44,57,60H,3-5,7,9-11,13,15-17,19,21-23,25,27-29,31,33-35,37,39-41,43,45-56H2,1-2H3/b8-6-,14-12-,20-18-,26-24-,32-30-,38-36-,44-42-. The highest BCUT2D eigenvalue weighted by atomic mass is 16.6. The van der Waals surface area contributed by atoms with Crippen molar-refractivity contribution in [2.75, 3.05) is 13.2 Å². The number of aliphatic hydroxyl groups is 1. The second-order valence-electron chi connectivity index (χ2n) is 17.9. The summed E-state index contributed by atoms with van der Waals surface area (Å²) in [5.74, 6) is -0.624. The molecule has 1 unspecified atom stereocenters. The molecule has 1 N–H and O–H groups in total. The Bertz CT molecular complexity index is 1190. The fourth-order valence-corrected chi connectivity index (χ4v) is 7.65. The van der Waals surface area contributed by atoms with Gasteiger partial charge in [-0.3, -0.25) is 9.59 Å². The summed E-state index contributed by atoms with van der Waals surface area (Å²) in [7, 11) is 0. The molecule has 0 saturated heterocycles. The molecule has 368 valence electrons. The van der Waals surface area contributed by atoms with Gasteiger partial charge in [-0.05, 0) is 70.6 Å². The third kappa shape index (κ3) is 51.7. The fraction of sp³-hybridized carbons (Fsp3) is 0.729. The van der Waals surface area contributed by atoms with Crippen LogP contribution in [0.15, 0.2) is 85.1 Å². The van der Waals surface area contributed by atoms with E-state index < -0.39 is 6.10 Å². The molecule has 0 heterocycles. The molecule has 0 fully saturated rings. The van der Waals surface area contributed by atoms with E-state index in [1.807, 2.05) is 0 Å². The van der Waals surface area contributed by atoms with Gasteiger partial charge in [-0.15, -0.1) is 0 Å². The summed E-state index contributed by atoms with van der Waals surface area (Å²) < 4.78 is 10.7. The van der Waals surface area contributed by atoms with Crippen molar-refractivity contribution >= 4 is 11.9 Å². The van der Waals surface area contributed by atoms with Crippen LogP contribution >= 0.6 is 0 Å². The Morgan fingerprint density at radius 3 is 1.02 bits per heavy atom. The maximum Gasteiger partial charge on any atom is 0.306 e. The van der Waals surface area contributed by atoms with Crippen LogP contribution in [0.2, 0.25) is 0 Å². The quantitative estimate of drug-likeness (QED) is 0.0374. The maximum absolute atomic E-state index is 12.3. The van der Waals surface area contributed by atoms with Crippen LogP contribution in [-0.4, -0.2) is 36.4 Å². The lowest BCUT2D eigenvalue weighted by molar-refractivity contribution is -0.161. The number of aliphatic hydroxyl groups excluding tert-OH is 1. The molecule has 0 rings (SSSR count). The summed E-state index contributed by atoms with van der Waals surface area (Å²) in [5, 5.41) is 9.64. The number of carbonyl (C=O) groups excluding carboxylic acids is 2. The molecule has 64 heavy (non-hydrogen) atoms. The highest BCUT2D eigenvalue weighted by molar-refractivity contribution is 5.70. The van der Waals surface area contributed by atoms with Gasteiger partial charge in [-0.2, -0.15) is 0 Å². The lowest BCUT2D eigenvalue weighted by Crippen LogP contribution is -2.28. The van der Waals surface area contributed by atoms with E-state index in [9.17, 15) is 14.7 Å². The Hall–Kier alpha value is -2.92. The largest absolute Gasteiger partial charge is 0.462 e. The number of carbonyl (C=O) groups is 2.